The third-order valence-electron chi connectivity index (χ3n) is 6.92. The first-order chi connectivity index (χ1) is 17.9. The van der Waals surface area contributed by atoms with E-state index in [0.29, 0.717) is 40.7 Å². The van der Waals surface area contributed by atoms with Crippen molar-refractivity contribution in [2.45, 2.75) is 12.0 Å². The van der Waals surface area contributed by atoms with Gasteiger partial charge in [0, 0.05) is 54.0 Å². The van der Waals surface area contributed by atoms with Gasteiger partial charge in [0.2, 0.25) is 5.91 Å². The lowest BCUT2D eigenvalue weighted by Gasteiger charge is -2.41. The topological polar surface area (TPSA) is 72.8 Å². The maximum absolute atomic E-state index is 14.2. The molecule has 1 N–H and O–H groups in total. The first-order valence-corrected chi connectivity index (χ1v) is 12.4. The normalized spacial score (nSPS) is 17.1. The Morgan fingerprint density at radius 2 is 1.78 bits per heavy atom. The van der Waals surface area contributed by atoms with E-state index < -0.39 is 12.0 Å². The van der Waals surface area contributed by atoms with E-state index in [9.17, 15) is 9.59 Å². The molecular formula is C29H28ClN3O4. The van der Waals surface area contributed by atoms with E-state index in [2.05, 4.69) is 5.32 Å². The fraction of sp³-hybridized carbons (Fsp3) is 0.241. The fourth-order valence-electron chi connectivity index (χ4n) is 5.25. The van der Waals surface area contributed by atoms with Crippen molar-refractivity contribution in [2.75, 3.05) is 32.7 Å². The maximum atomic E-state index is 14.2. The van der Waals surface area contributed by atoms with E-state index in [1.807, 2.05) is 60.3 Å². The summed E-state index contributed by atoms with van der Waals surface area (Å²) in [5, 5.41) is 4.50. The van der Waals surface area contributed by atoms with Gasteiger partial charge in [-0.25, -0.2) is 0 Å². The minimum absolute atomic E-state index is 0.130. The molecule has 0 radical (unpaired) electrons. The van der Waals surface area contributed by atoms with E-state index in [-0.39, 0.29) is 11.8 Å². The zero-order valence-corrected chi connectivity index (χ0v) is 21.7. The highest BCUT2D eigenvalue weighted by molar-refractivity contribution is 6.31. The molecule has 5 rings (SSSR count). The molecule has 37 heavy (non-hydrogen) atoms. The molecule has 0 fully saturated rings. The van der Waals surface area contributed by atoms with Gasteiger partial charge in [0.25, 0.3) is 5.91 Å². The van der Waals surface area contributed by atoms with Crippen molar-refractivity contribution in [3.8, 4) is 5.75 Å². The van der Waals surface area contributed by atoms with Gasteiger partial charge >= 0.3 is 0 Å². The monoisotopic (exact) mass is 517 g/mol. The Kier molecular flexibility index (Phi) is 6.91. The molecular weight excluding hydrogens is 490 g/mol. The highest BCUT2D eigenvalue weighted by atomic mass is 35.5. The highest BCUT2D eigenvalue weighted by Gasteiger charge is 2.45. The van der Waals surface area contributed by atoms with Crippen LogP contribution < -0.4 is 10.1 Å². The number of para-hydroxylation sites is 1. The second-order valence-corrected chi connectivity index (χ2v) is 9.48. The summed E-state index contributed by atoms with van der Waals surface area (Å²) in [6, 6.07) is 19.8. The van der Waals surface area contributed by atoms with Crippen LogP contribution in [0.5, 0.6) is 5.75 Å². The number of benzene rings is 3. The molecule has 0 spiro atoms. The number of fused-ring (bicyclic) bond motifs is 2. The zero-order chi connectivity index (χ0) is 26.1. The van der Waals surface area contributed by atoms with Gasteiger partial charge in [-0.15, -0.1) is 0 Å². The van der Waals surface area contributed by atoms with Gasteiger partial charge < -0.3 is 24.3 Å². The lowest BCUT2D eigenvalue weighted by atomic mass is 9.79. The summed E-state index contributed by atoms with van der Waals surface area (Å²) in [6.45, 7) is 0.674. The minimum atomic E-state index is -0.694. The molecule has 2 heterocycles. The average Bonchev–Trinajstić information content (AvgIpc) is 3.24. The van der Waals surface area contributed by atoms with Crippen LogP contribution in [-0.4, -0.2) is 48.7 Å². The van der Waals surface area contributed by atoms with Crippen LogP contribution in [-0.2, 0) is 16.6 Å². The van der Waals surface area contributed by atoms with Crippen molar-refractivity contribution < 1.29 is 19.1 Å². The molecule has 0 saturated carbocycles. The summed E-state index contributed by atoms with van der Waals surface area (Å²) in [6.07, 6.45) is 2.01. The zero-order valence-electron chi connectivity index (χ0n) is 20.9. The van der Waals surface area contributed by atoms with Crippen LogP contribution in [0.2, 0.25) is 5.02 Å². The SMILES string of the molecule is COCCN1C(=O)c2ccccc2[C@@H](C(=O)Nc2cc(Cl)ccc2OC)[C@@H]1c1cn(C)c2ccccc12. The molecule has 7 nitrogen and oxygen atoms in total. The van der Waals surface area contributed by atoms with Crippen molar-refractivity contribution in [3.05, 3.63) is 94.6 Å². The number of rotatable bonds is 7. The molecule has 2 atom stereocenters. The van der Waals surface area contributed by atoms with Crippen molar-refractivity contribution >= 4 is 40.0 Å². The average molecular weight is 518 g/mol. The number of hydrogen-bond acceptors (Lipinski definition) is 4. The third-order valence-corrected chi connectivity index (χ3v) is 7.16. The molecule has 8 heteroatoms. The van der Waals surface area contributed by atoms with E-state index in [1.54, 1.807) is 43.4 Å². The van der Waals surface area contributed by atoms with Gasteiger partial charge in [-0.3, -0.25) is 9.59 Å². The number of ether oxygens (including phenoxy) is 2. The second-order valence-electron chi connectivity index (χ2n) is 9.05. The Bertz CT molecular complexity index is 1480. The molecule has 190 valence electrons. The number of hydrogen-bond donors (Lipinski definition) is 1. The number of nitrogens with one attached hydrogen (secondary N) is 1. The molecule has 4 aromatic rings. The number of nitrogens with zero attached hydrogens (tertiary/aromatic N) is 2. The Balaban J connectivity index is 1.70. The Morgan fingerprint density at radius 1 is 1.03 bits per heavy atom. The molecule has 0 bridgehead atoms. The molecule has 0 saturated heterocycles. The van der Waals surface area contributed by atoms with Gasteiger partial charge in [-0.05, 0) is 35.9 Å². The van der Waals surface area contributed by atoms with Gasteiger partial charge in [-0.1, -0.05) is 48.0 Å². The number of anilines is 1. The van der Waals surface area contributed by atoms with Crippen LogP contribution in [0.25, 0.3) is 10.9 Å². The molecule has 0 aliphatic carbocycles. The minimum Gasteiger partial charge on any atom is -0.495 e. The van der Waals surface area contributed by atoms with Crippen LogP contribution in [0.15, 0.2) is 72.9 Å². The Labute approximate surface area is 220 Å². The quantitative estimate of drug-likeness (QED) is 0.356. The lowest BCUT2D eigenvalue weighted by Crippen LogP contribution is -2.47. The highest BCUT2D eigenvalue weighted by Crippen LogP contribution is 2.46. The number of aryl methyl sites for hydroxylation is 1. The van der Waals surface area contributed by atoms with Crippen LogP contribution in [0.4, 0.5) is 5.69 Å². The largest absolute Gasteiger partial charge is 0.495 e. The molecule has 1 aliphatic heterocycles. The smallest absolute Gasteiger partial charge is 0.254 e. The number of halogens is 1. The summed E-state index contributed by atoms with van der Waals surface area (Å²) in [5.74, 6) is -0.591. The number of methoxy groups -OCH3 is 2. The van der Waals surface area contributed by atoms with Crippen LogP contribution in [0.3, 0.4) is 0 Å². The van der Waals surface area contributed by atoms with E-state index in [0.717, 1.165) is 16.5 Å². The van der Waals surface area contributed by atoms with Crippen LogP contribution in [0.1, 0.15) is 33.4 Å². The Morgan fingerprint density at radius 3 is 2.57 bits per heavy atom. The number of carbonyl (C=O) groups is 2. The van der Waals surface area contributed by atoms with Crippen molar-refractivity contribution in [3.63, 3.8) is 0 Å². The Hall–Kier alpha value is -3.81. The molecule has 0 unspecified atom stereocenters. The summed E-state index contributed by atoms with van der Waals surface area (Å²) in [5.41, 5.74) is 3.57. The van der Waals surface area contributed by atoms with Crippen molar-refractivity contribution in [1.82, 2.24) is 9.47 Å². The summed E-state index contributed by atoms with van der Waals surface area (Å²) >= 11 is 6.24. The van der Waals surface area contributed by atoms with Gasteiger partial charge in [-0.2, -0.15) is 0 Å². The standard InChI is InChI=1S/C29H28ClN3O4/c1-32-17-22(19-8-6-7-11-24(19)32)27-26(28(34)31-23-16-18(30)12-13-25(23)37-3)20-9-4-5-10-21(20)29(35)33(27)14-15-36-2/h4-13,16-17,26-27H,14-15H2,1-3H3,(H,31,34)/t26-,27+/m1/s1. The first-order valence-electron chi connectivity index (χ1n) is 12.0. The molecule has 1 aliphatic rings. The summed E-state index contributed by atoms with van der Waals surface area (Å²) < 4.78 is 12.9. The maximum Gasteiger partial charge on any atom is 0.254 e. The second kappa shape index (κ2) is 10.3. The van der Waals surface area contributed by atoms with Crippen molar-refractivity contribution in [1.29, 1.82) is 0 Å². The summed E-state index contributed by atoms with van der Waals surface area (Å²) in [4.78, 5) is 29.7. The van der Waals surface area contributed by atoms with Crippen LogP contribution >= 0.6 is 11.6 Å². The number of aromatic nitrogens is 1. The number of carbonyl (C=O) groups excluding carboxylic acids is 2. The van der Waals surface area contributed by atoms with Gasteiger partial charge in [0.15, 0.2) is 0 Å². The summed E-state index contributed by atoms with van der Waals surface area (Å²) in [7, 11) is 5.11. The molecule has 3 aromatic carbocycles. The van der Waals surface area contributed by atoms with Crippen LogP contribution in [0, 0.1) is 0 Å². The van der Waals surface area contributed by atoms with E-state index >= 15 is 0 Å². The third kappa shape index (κ3) is 4.45. The predicted molar refractivity (Wildman–Crippen MR) is 144 cm³/mol. The van der Waals surface area contributed by atoms with Gasteiger partial charge in [0.1, 0.15) is 5.75 Å². The molecule has 2 amide bonds. The predicted octanol–water partition coefficient (Wildman–Crippen LogP) is 5.41. The fourth-order valence-corrected chi connectivity index (χ4v) is 5.43. The number of amides is 2. The van der Waals surface area contributed by atoms with E-state index in [4.69, 9.17) is 21.1 Å². The van der Waals surface area contributed by atoms with E-state index in [1.165, 1.54) is 0 Å². The van der Waals surface area contributed by atoms with Crippen molar-refractivity contribution in [2.24, 2.45) is 7.05 Å². The first kappa shape index (κ1) is 24.9. The van der Waals surface area contributed by atoms with Gasteiger partial charge in [0.05, 0.1) is 31.4 Å². The molecule has 1 aromatic heterocycles. The lowest BCUT2D eigenvalue weighted by molar-refractivity contribution is -0.119.